The fourth-order valence-electron chi connectivity index (χ4n) is 3.47. The van der Waals surface area contributed by atoms with Gasteiger partial charge < -0.3 is 9.84 Å². The summed E-state index contributed by atoms with van der Waals surface area (Å²) in [5.41, 5.74) is 0.897. The number of phenolic OH excluding ortho intramolecular Hbond substituents is 1. The van der Waals surface area contributed by atoms with Gasteiger partial charge in [-0.3, -0.25) is 14.2 Å². The van der Waals surface area contributed by atoms with Crippen LogP contribution in [0, 0.1) is 18.6 Å². The number of benzene rings is 2. The molecule has 1 heterocycles. The van der Waals surface area contributed by atoms with E-state index in [1.807, 2.05) is 0 Å². The van der Waals surface area contributed by atoms with Crippen molar-refractivity contribution in [2.24, 2.45) is 0 Å². The molecule has 1 atom stereocenters. The van der Waals surface area contributed by atoms with Crippen molar-refractivity contribution < 1.29 is 28.2 Å². The van der Waals surface area contributed by atoms with Gasteiger partial charge in [-0.1, -0.05) is 11.6 Å². The molecule has 158 valence electrons. The van der Waals surface area contributed by atoms with E-state index in [-0.39, 0.29) is 22.2 Å². The first-order valence-electron chi connectivity index (χ1n) is 9.26. The maximum atomic E-state index is 14.1. The number of fused-ring (bicyclic) bond motifs is 1. The van der Waals surface area contributed by atoms with Crippen molar-refractivity contribution in [3.05, 3.63) is 63.8 Å². The Kier molecular flexibility index (Phi) is 5.85. The maximum Gasteiger partial charge on any atom is 0.313 e. The maximum absolute atomic E-state index is 14.1. The lowest BCUT2D eigenvalue weighted by Crippen LogP contribution is -2.19. The number of carbonyl (C=O) groups is 2. The molecule has 30 heavy (non-hydrogen) atoms. The Morgan fingerprint density at radius 2 is 1.77 bits per heavy atom. The van der Waals surface area contributed by atoms with Gasteiger partial charge in [0.2, 0.25) is 0 Å². The molecule has 3 rings (SSSR count). The Morgan fingerprint density at radius 1 is 1.10 bits per heavy atom. The molecule has 5 nitrogen and oxygen atoms in total. The van der Waals surface area contributed by atoms with E-state index in [4.69, 9.17) is 16.3 Å². The molecule has 0 aliphatic rings. The smallest absolute Gasteiger partial charge is 0.313 e. The first-order valence-corrected chi connectivity index (χ1v) is 9.64. The third kappa shape index (κ3) is 3.77. The largest absolute Gasteiger partial charge is 0.505 e. The van der Waals surface area contributed by atoms with E-state index < -0.39 is 35.2 Å². The molecule has 0 saturated heterocycles. The Morgan fingerprint density at radius 3 is 2.37 bits per heavy atom. The minimum absolute atomic E-state index is 0.00524. The van der Waals surface area contributed by atoms with Crippen LogP contribution in [0.15, 0.2) is 30.3 Å². The first-order chi connectivity index (χ1) is 14.0. The highest BCUT2D eigenvalue weighted by Crippen LogP contribution is 2.36. The van der Waals surface area contributed by atoms with Crippen LogP contribution in [0.2, 0.25) is 5.02 Å². The van der Waals surface area contributed by atoms with Crippen molar-refractivity contribution >= 4 is 34.4 Å². The summed E-state index contributed by atoms with van der Waals surface area (Å²) in [7, 11) is 0. The summed E-state index contributed by atoms with van der Waals surface area (Å²) in [4.78, 5) is 25.7. The number of nitrogens with zero attached hydrogens (tertiary/aromatic N) is 1. The summed E-state index contributed by atoms with van der Waals surface area (Å²) in [6.07, 6.45) is -0.349. The van der Waals surface area contributed by atoms with E-state index in [0.717, 1.165) is 12.1 Å². The second kappa shape index (κ2) is 8.07. The molecule has 0 saturated carbocycles. The minimum atomic E-state index is -0.930. The third-order valence-corrected chi connectivity index (χ3v) is 5.14. The summed E-state index contributed by atoms with van der Waals surface area (Å²) in [6, 6.07) is 5.76. The second-order valence-corrected chi connectivity index (χ2v) is 7.70. The van der Waals surface area contributed by atoms with Crippen LogP contribution in [0.5, 0.6) is 5.75 Å². The number of aromatic nitrogens is 1. The molecule has 8 heteroatoms. The predicted octanol–water partition coefficient (Wildman–Crippen LogP) is 5.33. The number of hydrogen-bond acceptors (Lipinski definition) is 4. The lowest BCUT2D eigenvalue weighted by Gasteiger charge is -2.15. The summed E-state index contributed by atoms with van der Waals surface area (Å²) in [6.45, 7) is 6.61. The molecule has 0 aliphatic heterocycles. The highest BCUT2D eigenvalue weighted by Gasteiger charge is 2.29. The molecule has 1 N–H and O–H groups in total. The average Bonchev–Trinajstić information content (AvgIpc) is 2.93. The van der Waals surface area contributed by atoms with E-state index in [0.29, 0.717) is 16.6 Å². The topological polar surface area (TPSA) is 68.5 Å². The number of ether oxygens (including phenoxy) is 1. The SMILES string of the molecule is Cc1c([C@@H](C)C(=O)OC(C)C)c2cc(O)c(F)cc2n1C(=O)c1ccc(Cl)c(F)c1. The van der Waals surface area contributed by atoms with E-state index in [1.165, 1.54) is 22.8 Å². The fraction of sp³-hybridized carbons (Fsp3) is 0.273. The van der Waals surface area contributed by atoms with Gasteiger partial charge in [-0.15, -0.1) is 0 Å². The third-order valence-electron chi connectivity index (χ3n) is 4.83. The molecule has 0 unspecified atom stereocenters. The van der Waals surface area contributed by atoms with Crippen LogP contribution < -0.4 is 0 Å². The average molecular weight is 436 g/mol. The van der Waals surface area contributed by atoms with Gasteiger partial charge in [-0.25, -0.2) is 8.78 Å². The molecule has 0 amide bonds. The van der Waals surface area contributed by atoms with Crippen molar-refractivity contribution in [2.75, 3.05) is 0 Å². The molecule has 0 aliphatic carbocycles. The molecule has 1 aromatic heterocycles. The van der Waals surface area contributed by atoms with E-state index in [2.05, 4.69) is 0 Å². The number of rotatable bonds is 4. The van der Waals surface area contributed by atoms with E-state index >= 15 is 0 Å². The second-order valence-electron chi connectivity index (χ2n) is 7.30. The number of aromatic hydroxyl groups is 1. The Bertz CT molecular complexity index is 1170. The Labute approximate surface area is 176 Å². The number of phenols is 1. The van der Waals surface area contributed by atoms with Gasteiger partial charge in [0.1, 0.15) is 5.82 Å². The summed E-state index contributed by atoms with van der Waals surface area (Å²) >= 11 is 5.70. The molecular formula is C22H20ClF2NO4. The van der Waals surface area contributed by atoms with Crippen molar-refractivity contribution in [3.8, 4) is 5.75 Å². The van der Waals surface area contributed by atoms with Gasteiger partial charge in [-0.05, 0) is 57.5 Å². The molecule has 0 radical (unpaired) electrons. The molecule has 2 aromatic carbocycles. The molecule has 0 spiro atoms. The van der Waals surface area contributed by atoms with Crippen LogP contribution in [-0.2, 0) is 9.53 Å². The van der Waals surface area contributed by atoms with Gasteiger partial charge in [0.25, 0.3) is 5.91 Å². The zero-order valence-electron chi connectivity index (χ0n) is 16.8. The summed E-state index contributed by atoms with van der Waals surface area (Å²) in [5.74, 6) is -4.27. The number of halogens is 3. The zero-order chi connectivity index (χ0) is 22.3. The lowest BCUT2D eigenvalue weighted by molar-refractivity contribution is -0.148. The number of esters is 1. The summed E-state index contributed by atoms with van der Waals surface area (Å²) < 4.78 is 34.5. The van der Waals surface area contributed by atoms with Gasteiger partial charge in [0, 0.05) is 22.7 Å². The monoisotopic (exact) mass is 435 g/mol. The quantitative estimate of drug-likeness (QED) is 0.562. The van der Waals surface area contributed by atoms with Crippen LogP contribution in [0.1, 0.15) is 48.3 Å². The van der Waals surface area contributed by atoms with Gasteiger partial charge >= 0.3 is 5.97 Å². The highest BCUT2D eigenvalue weighted by molar-refractivity contribution is 6.30. The van der Waals surface area contributed by atoms with Crippen LogP contribution >= 0.6 is 11.6 Å². The molecule has 0 fully saturated rings. The van der Waals surface area contributed by atoms with Crippen molar-refractivity contribution in [2.45, 2.75) is 39.7 Å². The molecule has 0 bridgehead atoms. The molecular weight excluding hydrogens is 416 g/mol. The Balaban J connectivity index is 2.25. The first kappa shape index (κ1) is 21.8. The number of hydrogen-bond donors (Lipinski definition) is 1. The van der Waals surface area contributed by atoms with E-state index in [9.17, 15) is 23.5 Å². The normalized spacial score (nSPS) is 12.4. The minimum Gasteiger partial charge on any atom is -0.505 e. The Hall–Kier alpha value is -2.93. The standard InChI is InChI=1S/C22H20ClF2NO4/c1-10(2)30-22(29)11(3)20-12(4)26(18-9-17(25)19(27)8-14(18)20)21(28)13-5-6-15(23)16(24)7-13/h5-11,27H,1-4H3/t11-/m1/s1. The van der Waals surface area contributed by atoms with Crippen LogP contribution in [0.4, 0.5) is 8.78 Å². The zero-order valence-corrected chi connectivity index (χ0v) is 17.6. The van der Waals surface area contributed by atoms with Gasteiger partial charge in [-0.2, -0.15) is 0 Å². The molecule has 3 aromatic rings. The summed E-state index contributed by atoms with van der Waals surface area (Å²) in [5, 5.41) is 10.1. The number of carbonyl (C=O) groups excluding carboxylic acids is 2. The predicted molar refractivity (Wildman–Crippen MR) is 109 cm³/mol. The van der Waals surface area contributed by atoms with Crippen molar-refractivity contribution in [1.82, 2.24) is 4.57 Å². The van der Waals surface area contributed by atoms with Crippen LogP contribution in [0.25, 0.3) is 10.9 Å². The van der Waals surface area contributed by atoms with Gasteiger partial charge in [0.15, 0.2) is 11.6 Å². The highest BCUT2D eigenvalue weighted by atomic mass is 35.5. The van der Waals surface area contributed by atoms with Crippen LogP contribution in [0.3, 0.4) is 0 Å². The lowest BCUT2D eigenvalue weighted by atomic mass is 9.97. The van der Waals surface area contributed by atoms with Gasteiger partial charge in [0.05, 0.1) is 22.6 Å². The fourth-order valence-corrected chi connectivity index (χ4v) is 3.58. The van der Waals surface area contributed by atoms with Crippen LogP contribution in [-0.4, -0.2) is 27.7 Å². The van der Waals surface area contributed by atoms with Crippen molar-refractivity contribution in [1.29, 1.82) is 0 Å². The van der Waals surface area contributed by atoms with E-state index in [1.54, 1.807) is 27.7 Å². The van der Waals surface area contributed by atoms with Crippen molar-refractivity contribution in [3.63, 3.8) is 0 Å².